The van der Waals surface area contributed by atoms with Gasteiger partial charge < -0.3 is 4.52 Å². The topological polar surface area (TPSA) is 9.23 Å². The molecule has 1 atom stereocenters. The lowest BCUT2D eigenvalue weighted by Crippen LogP contribution is -1.89. The van der Waals surface area contributed by atoms with Gasteiger partial charge in [0.1, 0.15) is 0 Å². The van der Waals surface area contributed by atoms with Crippen LogP contribution in [0.1, 0.15) is 19.4 Å². The highest BCUT2D eigenvalue weighted by Crippen LogP contribution is 2.41. The summed E-state index contributed by atoms with van der Waals surface area (Å²) in [6.07, 6.45) is 1.15. The zero-order chi connectivity index (χ0) is 11.1. The maximum absolute atomic E-state index is 5.68. The van der Waals surface area contributed by atoms with E-state index in [1.54, 1.807) is 0 Å². The molecule has 0 radical (unpaired) electrons. The van der Waals surface area contributed by atoms with Gasteiger partial charge in [-0.2, -0.15) is 0 Å². The fourth-order valence-electron chi connectivity index (χ4n) is 1.18. The van der Waals surface area contributed by atoms with E-state index >= 15 is 0 Å². The zero-order valence-electron chi connectivity index (χ0n) is 9.69. The van der Waals surface area contributed by atoms with Crippen LogP contribution in [0.2, 0.25) is 0 Å². The second-order valence-electron chi connectivity index (χ2n) is 3.30. The zero-order valence-corrected chi connectivity index (χ0v) is 11.4. The van der Waals surface area contributed by atoms with E-state index in [4.69, 9.17) is 4.52 Å². The van der Waals surface area contributed by atoms with Gasteiger partial charge in [0, 0.05) is 25.1 Å². The Balaban J connectivity index is 2.38. The van der Waals surface area contributed by atoms with Crippen LogP contribution in [-0.2, 0) is 4.52 Å². The fraction of sp³-hybridized carbons (Fsp3) is 0.500. The van der Waals surface area contributed by atoms with Crippen molar-refractivity contribution < 1.29 is 4.52 Å². The van der Waals surface area contributed by atoms with Gasteiger partial charge in [0.2, 0.25) is 0 Å². The van der Waals surface area contributed by atoms with Crippen LogP contribution in [0.25, 0.3) is 0 Å². The first kappa shape index (κ1) is 13.0. The molecule has 0 heterocycles. The van der Waals surface area contributed by atoms with Crippen LogP contribution in [0, 0.1) is 6.92 Å². The predicted molar refractivity (Wildman–Crippen MR) is 71.0 cm³/mol. The second kappa shape index (κ2) is 7.27. The third-order valence-corrected chi connectivity index (χ3v) is 5.66. The summed E-state index contributed by atoms with van der Waals surface area (Å²) in [6, 6.07) is 8.71. The first-order chi connectivity index (χ1) is 7.26. The minimum Gasteiger partial charge on any atom is -0.359 e. The third kappa shape index (κ3) is 5.01. The van der Waals surface area contributed by atoms with Crippen molar-refractivity contribution in [2.45, 2.75) is 25.7 Å². The van der Waals surface area contributed by atoms with E-state index in [-0.39, 0.29) is 8.15 Å². The molecule has 1 aromatic carbocycles. The average Bonchev–Trinajstić information content (AvgIpc) is 2.26. The van der Waals surface area contributed by atoms with Gasteiger partial charge in [-0.15, -0.1) is 11.8 Å². The van der Waals surface area contributed by atoms with Crippen molar-refractivity contribution in [2.75, 3.05) is 18.3 Å². The Hall–Kier alpha value is -0.0400. The van der Waals surface area contributed by atoms with E-state index in [1.807, 2.05) is 11.8 Å². The van der Waals surface area contributed by atoms with E-state index in [2.05, 4.69) is 45.0 Å². The van der Waals surface area contributed by atoms with Gasteiger partial charge in [0.05, 0.1) is 0 Å². The van der Waals surface area contributed by atoms with Gasteiger partial charge in [-0.1, -0.05) is 24.6 Å². The van der Waals surface area contributed by atoms with Crippen LogP contribution in [0.5, 0.6) is 0 Å². The van der Waals surface area contributed by atoms with Crippen molar-refractivity contribution in [2.24, 2.45) is 0 Å². The monoisotopic (exact) mass is 242 g/mol. The summed E-state index contributed by atoms with van der Waals surface area (Å²) < 4.78 is 5.68. The molecular weight excluding hydrogens is 223 g/mol. The Labute approximate surface area is 98.4 Å². The van der Waals surface area contributed by atoms with E-state index in [0.717, 1.165) is 18.3 Å². The SMILES string of the molecule is CCOP(CC)CSc1ccc(C)cc1. The molecule has 84 valence electrons. The molecule has 0 aromatic heterocycles. The van der Waals surface area contributed by atoms with E-state index in [9.17, 15) is 0 Å². The summed E-state index contributed by atoms with van der Waals surface area (Å²) in [4.78, 5) is 1.35. The van der Waals surface area contributed by atoms with Gasteiger partial charge in [-0.25, -0.2) is 0 Å². The number of hydrogen-bond donors (Lipinski definition) is 0. The highest BCUT2D eigenvalue weighted by molar-refractivity contribution is 8.04. The number of aryl methyl sites for hydroxylation is 1. The van der Waals surface area contributed by atoms with Crippen LogP contribution in [0.3, 0.4) is 0 Å². The Kier molecular flexibility index (Phi) is 6.31. The smallest absolute Gasteiger partial charge is 0.0481 e. The van der Waals surface area contributed by atoms with E-state index < -0.39 is 0 Å². The van der Waals surface area contributed by atoms with Gasteiger partial charge in [0.25, 0.3) is 0 Å². The lowest BCUT2D eigenvalue weighted by molar-refractivity contribution is 0.380. The second-order valence-corrected chi connectivity index (χ2v) is 6.95. The van der Waals surface area contributed by atoms with Gasteiger partial charge >= 0.3 is 0 Å². The number of thioether (sulfide) groups is 1. The Morgan fingerprint density at radius 3 is 2.40 bits per heavy atom. The summed E-state index contributed by atoms with van der Waals surface area (Å²) in [5, 5.41) is 0. The van der Waals surface area contributed by atoms with Gasteiger partial charge in [-0.05, 0) is 32.1 Å². The highest BCUT2D eigenvalue weighted by atomic mass is 32.2. The van der Waals surface area contributed by atoms with Gasteiger partial charge in [0.15, 0.2) is 0 Å². The molecule has 1 nitrogen and oxygen atoms in total. The highest BCUT2D eigenvalue weighted by Gasteiger charge is 2.05. The maximum Gasteiger partial charge on any atom is 0.0481 e. The molecule has 0 aliphatic carbocycles. The van der Waals surface area contributed by atoms with Crippen LogP contribution in [0.4, 0.5) is 0 Å². The molecule has 0 saturated carbocycles. The minimum atomic E-state index is -0.227. The molecule has 0 fully saturated rings. The molecule has 0 aliphatic rings. The molecular formula is C12H19OPS. The Bertz CT molecular complexity index is 273. The predicted octanol–water partition coefficient (Wildman–Crippen LogP) is 4.50. The number of hydrogen-bond acceptors (Lipinski definition) is 2. The maximum atomic E-state index is 5.68. The van der Waals surface area contributed by atoms with Crippen molar-refractivity contribution in [3.8, 4) is 0 Å². The quantitative estimate of drug-likeness (QED) is 0.536. The lowest BCUT2D eigenvalue weighted by Gasteiger charge is -2.14. The van der Waals surface area contributed by atoms with Crippen LogP contribution >= 0.6 is 19.9 Å². The summed E-state index contributed by atoms with van der Waals surface area (Å²) in [6.45, 7) is 7.24. The first-order valence-electron chi connectivity index (χ1n) is 5.33. The normalized spacial score (nSPS) is 12.7. The summed E-state index contributed by atoms with van der Waals surface area (Å²) in [5.74, 6) is 0. The van der Waals surface area contributed by atoms with Crippen molar-refractivity contribution in [3.63, 3.8) is 0 Å². The molecule has 0 aliphatic heterocycles. The number of benzene rings is 1. The molecule has 0 N–H and O–H groups in total. The molecule has 0 spiro atoms. The van der Waals surface area contributed by atoms with E-state index in [0.29, 0.717) is 0 Å². The molecule has 0 saturated heterocycles. The van der Waals surface area contributed by atoms with Crippen LogP contribution in [-0.4, -0.2) is 18.3 Å². The molecule has 0 amide bonds. The molecule has 15 heavy (non-hydrogen) atoms. The Morgan fingerprint density at radius 2 is 1.87 bits per heavy atom. The van der Waals surface area contributed by atoms with Crippen molar-refractivity contribution in [3.05, 3.63) is 29.8 Å². The fourth-order valence-corrected chi connectivity index (χ4v) is 4.26. The summed E-state index contributed by atoms with van der Waals surface area (Å²) in [5.41, 5.74) is 2.44. The largest absolute Gasteiger partial charge is 0.359 e. The van der Waals surface area contributed by atoms with Crippen molar-refractivity contribution in [1.82, 2.24) is 0 Å². The molecule has 1 unspecified atom stereocenters. The van der Waals surface area contributed by atoms with Gasteiger partial charge in [-0.3, -0.25) is 0 Å². The third-order valence-electron chi connectivity index (χ3n) is 2.06. The average molecular weight is 242 g/mol. The molecule has 0 bridgehead atoms. The molecule has 1 rings (SSSR count). The van der Waals surface area contributed by atoms with Crippen molar-refractivity contribution >= 4 is 19.9 Å². The molecule has 3 heteroatoms. The Morgan fingerprint density at radius 1 is 1.20 bits per heavy atom. The first-order valence-corrected chi connectivity index (χ1v) is 7.95. The number of rotatable bonds is 6. The lowest BCUT2D eigenvalue weighted by atomic mass is 10.2. The summed E-state index contributed by atoms with van der Waals surface area (Å²) >= 11 is 1.91. The minimum absolute atomic E-state index is 0.227. The van der Waals surface area contributed by atoms with E-state index in [1.165, 1.54) is 10.5 Å². The van der Waals surface area contributed by atoms with Crippen molar-refractivity contribution in [1.29, 1.82) is 0 Å². The van der Waals surface area contributed by atoms with Crippen LogP contribution < -0.4 is 0 Å². The summed E-state index contributed by atoms with van der Waals surface area (Å²) in [7, 11) is -0.227. The van der Waals surface area contributed by atoms with Crippen LogP contribution in [0.15, 0.2) is 29.2 Å². The molecule has 1 aromatic rings. The standard InChI is InChI=1S/C12H19OPS/c1-4-13-14(5-2)10-15-12-8-6-11(3)7-9-12/h6-9H,4-5,10H2,1-3H3.